The Bertz CT molecular complexity index is 372. The van der Waals surface area contributed by atoms with E-state index in [4.69, 9.17) is 4.74 Å². The summed E-state index contributed by atoms with van der Waals surface area (Å²) in [6, 6.07) is 5.60. The largest absolute Gasteiger partial charge is 0.507 e. The summed E-state index contributed by atoms with van der Waals surface area (Å²) in [6.07, 6.45) is 6.03. The first-order valence-electron chi connectivity index (χ1n) is 4.57. The van der Waals surface area contributed by atoms with E-state index < -0.39 is 0 Å². The summed E-state index contributed by atoms with van der Waals surface area (Å²) in [7, 11) is 0. The Hall–Kier alpha value is -1.70. The quantitative estimate of drug-likeness (QED) is 0.773. The molecule has 1 aliphatic rings. The topological polar surface area (TPSA) is 29.5 Å². The molecular weight excluding hydrogens is 176 g/mol. The molecule has 0 spiro atoms. The monoisotopic (exact) mass is 188 g/mol. The molecule has 0 aliphatic carbocycles. The highest BCUT2D eigenvalue weighted by atomic mass is 16.5. The number of phenolic OH excluding ortho intramolecular Hbond substituents is 1. The Morgan fingerprint density at radius 2 is 2.36 bits per heavy atom. The van der Waals surface area contributed by atoms with Gasteiger partial charge in [0.15, 0.2) is 0 Å². The van der Waals surface area contributed by atoms with E-state index in [1.54, 1.807) is 12.3 Å². The minimum Gasteiger partial charge on any atom is -0.507 e. The molecule has 2 rings (SSSR count). The van der Waals surface area contributed by atoms with E-state index in [1.165, 1.54) is 0 Å². The Balaban J connectivity index is 2.37. The lowest BCUT2D eigenvalue weighted by Gasteiger charge is -2.13. The van der Waals surface area contributed by atoms with E-state index >= 15 is 0 Å². The first-order chi connectivity index (χ1) is 6.83. The summed E-state index contributed by atoms with van der Waals surface area (Å²) < 4.78 is 5.34. The number of hydrogen-bond acceptors (Lipinski definition) is 2. The Morgan fingerprint density at radius 3 is 3.00 bits per heavy atom. The van der Waals surface area contributed by atoms with Crippen molar-refractivity contribution in [3.8, 4) is 5.75 Å². The van der Waals surface area contributed by atoms with Crippen molar-refractivity contribution in [3.05, 3.63) is 48.2 Å². The zero-order valence-electron chi connectivity index (χ0n) is 7.81. The van der Waals surface area contributed by atoms with Crippen molar-refractivity contribution in [1.82, 2.24) is 0 Å². The molecule has 1 heterocycles. The third-order valence-corrected chi connectivity index (χ3v) is 2.35. The maximum Gasteiger partial charge on any atom is 0.130 e. The molecule has 1 atom stereocenters. The lowest BCUT2D eigenvalue weighted by atomic mass is 10.0. The molecule has 0 amide bonds. The van der Waals surface area contributed by atoms with Crippen LogP contribution in [0, 0.1) is 0 Å². The minimum absolute atomic E-state index is 0.0464. The van der Waals surface area contributed by atoms with Gasteiger partial charge in [0.05, 0.1) is 6.26 Å². The average Bonchev–Trinajstić information content (AvgIpc) is 2.71. The molecule has 1 aliphatic heterocycles. The van der Waals surface area contributed by atoms with Gasteiger partial charge in [0.25, 0.3) is 0 Å². The van der Waals surface area contributed by atoms with Gasteiger partial charge in [-0.2, -0.15) is 0 Å². The second kappa shape index (κ2) is 3.58. The molecule has 0 aromatic heterocycles. The summed E-state index contributed by atoms with van der Waals surface area (Å²) in [6.45, 7) is 3.64. The number of para-hydroxylation sites is 1. The van der Waals surface area contributed by atoms with Gasteiger partial charge in [0, 0.05) is 17.5 Å². The summed E-state index contributed by atoms with van der Waals surface area (Å²) in [5, 5.41) is 9.87. The summed E-state index contributed by atoms with van der Waals surface area (Å²) in [4.78, 5) is 0. The van der Waals surface area contributed by atoms with Crippen LogP contribution in [-0.2, 0) is 4.74 Å². The van der Waals surface area contributed by atoms with Crippen LogP contribution < -0.4 is 0 Å². The van der Waals surface area contributed by atoms with Crippen LogP contribution >= 0.6 is 0 Å². The third-order valence-electron chi connectivity index (χ3n) is 2.35. The first kappa shape index (κ1) is 8.88. The first-order valence-corrected chi connectivity index (χ1v) is 4.57. The van der Waals surface area contributed by atoms with Crippen LogP contribution in [0.5, 0.6) is 5.75 Å². The molecule has 0 bridgehead atoms. The zero-order valence-corrected chi connectivity index (χ0v) is 7.81. The van der Waals surface area contributed by atoms with Crippen molar-refractivity contribution in [2.75, 3.05) is 0 Å². The van der Waals surface area contributed by atoms with Crippen molar-refractivity contribution in [1.29, 1.82) is 0 Å². The standard InChI is InChI=1S/C12H12O2/c1-2-9-5-3-6-10(12(9)13)11-7-4-8-14-11/h2-6,8,11,13H,1,7H2. The molecule has 1 unspecified atom stereocenters. The summed E-state index contributed by atoms with van der Waals surface area (Å²) in [5.41, 5.74) is 1.57. The highest BCUT2D eigenvalue weighted by Crippen LogP contribution is 2.35. The molecule has 1 aromatic rings. The second-order valence-electron chi connectivity index (χ2n) is 3.22. The molecule has 0 radical (unpaired) electrons. The third kappa shape index (κ3) is 1.39. The molecule has 0 saturated carbocycles. The van der Waals surface area contributed by atoms with Gasteiger partial charge >= 0.3 is 0 Å². The number of phenols is 1. The fraction of sp³-hybridized carbons (Fsp3) is 0.167. The predicted molar refractivity (Wildman–Crippen MR) is 55.8 cm³/mol. The molecule has 2 heteroatoms. The maximum absolute atomic E-state index is 9.87. The van der Waals surface area contributed by atoms with E-state index in [2.05, 4.69) is 6.58 Å². The molecular formula is C12H12O2. The summed E-state index contributed by atoms with van der Waals surface area (Å²) >= 11 is 0. The summed E-state index contributed by atoms with van der Waals surface area (Å²) in [5.74, 6) is 0.274. The van der Waals surface area contributed by atoms with Crippen LogP contribution in [-0.4, -0.2) is 5.11 Å². The van der Waals surface area contributed by atoms with Crippen molar-refractivity contribution in [3.63, 3.8) is 0 Å². The van der Waals surface area contributed by atoms with Crippen LogP contribution in [0.3, 0.4) is 0 Å². The second-order valence-corrected chi connectivity index (χ2v) is 3.22. The van der Waals surface area contributed by atoms with Gasteiger partial charge in [0.2, 0.25) is 0 Å². The SMILES string of the molecule is C=Cc1cccc(C2CC=CO2)c1O. The number of benzene rings is 1. The van der Waals surface area contributed by atoms with Crippen molar-refractivity contribution < 1.29 is 9.84 Å². The minimum atomic E-state index is -0.0464. The number of ether oxygens (including phenoxy) is 1. The smallest absolute Gasteiger partial charge is 0.130 e. The molecule has 1 N–H and O–H groups in total. The Labute approximate surface area is 83.1 Å². The fourth-order valence-electron chi connectivity index (χ4n) is 1.59. The molecule has 14 heavy (non-hydrogen) atoms. The lowest BCUT2D eigenvalue weighted by Crippen LogP contribution is -1.96. The fourth-order valence-corrected chi connectivity index (χ4v) is 1.59. The normalized spacial score (nSPS) is 19.3. The van der Waals surface area contributed by atoms with Crippen molar-refractivity contribution >= 4 is 6.08 Å². The van der Waals surface area contributed by atoms with Crippen LogP contribution in [0.2, 0.25) is 0 Å². The van der Waals surface area contributed by atoms with Gasteiger partial charge in [-0.05, 0) is 6.08 Å². The van der Waals surface area contributed by atoms with E-state index in [1.807, 2.05) is 24.3 Å². The molecule has 2 nitrogen and oxygen atoms in total. The maximum atomic E-state index is 9.87. The Kier molecular flexibility index (Phi) is 2.27. The zero-order chi connectivity index (χ0) is 9.97. The molecule has 1 aromatic carbocycles. The highest BCUT2D eigenvalue weighted by molar-refractivity contribution is 5.58. The molecule has 0 saturated heterocycles. The lowest BCUT2D eigenvalue weighted by molar-refractivity contribution is 0.170. The van der Waals surface area contributed by atoms with Gasteiger partial charge < -0.3 is 9.84 Å². The molecule has 72 valence electrons. The van der Waals surface area contributed by atoms with Gasteiger partial charge in [-0.3, -0.25) is 0 Å². The number of rotatable bonds is 2. The van der Waals surface area contributed by atoms with Gasteiger partial charge in [0.1, 0.15) is 11.9 Å². The van der Waals surface area contributed by atoms with Gasteiger partial charge in [-0.1, -0.05) is 30.9 Å². The van der Waals surface area contributed by atoms with E-state index in [9.17, 15) is 5.11 Å². The Morgan fingerprint density at radius 1 is 1.50 bits per heavy atom. The van der Waals surface area contributed by atoms with E-state index in [0.717, 1.165) is 17.5 Å². The van der Waals surface area contributed by atoms with Crippen LogP contribution in [0.25, 0.3) is 6.08 Å². The van der Waals surface area contributed by atoms with Crippen LogP contribution in [0.4, 0.5) is 0 Å². The highest BCUT2D eigenvalue weighted by Gasteiger charge is 2.18. The van der Waals surface area contributed by atoms with Gasteiger partial charge in [-0.15, -0.1) is 0 Å². The van der Waals surface area contributed by atoms with Crippen molar-refractivity contribution in [2.24, 2.45) is 0 Å². The predicted octanol–water partition coefficient (Wildman–Crippen LogP) is 3.01. The van der Waals surface area contributed by atoms with Crippen molar-refractivity contribution in [2.45, 2.75) is 12.5 Å². The number of aromatic hydroxyl groups is 1. The molecule has 0 fully saturated rings. The van der Waals surface area contributed by atoms with E-state index in [0.29, 0.717) is 0 Å². The number of hydrogen-bond donors (Lipinski definition) is 1. The average molecular weight is 188 g/mol. The van der Waals surface area contributed by atoms with Gasteiger partial charge in [-0.25, -0.2) is 0 Å². The van der Waals surface area contributed by atoms with Crippen LogP contribution in [0.1, 0.15) is 23.7 Å². The van der Waals surface area contributed by atoms with E-state index in [-0.39, 0.29) is 11.9 Å². The van der Waals surface area contributed by atoms with Crippen LogP contribution in [0.15, 0.2) is 37.1 Å².